The molecule has 0 bridgehead atoms. The molecule has 0 nitrogen and oxygen atoms in total. The summed E-state index contributed by atoms with van der Waals surface area (Å²) < 4.78 is 0. The van der Waals surface area contributed by atoms with Gasteiger partial charge in [-0.05, 0) is 18.3 Å². The molecule has 0 atom stereocenters. The summed E-state index contributed by atoms with van der Waals surface area (Å²) in [6.07, 6.45) is 7.58. The maximum absolute atomic E-state index is 4.13. The van der Waals surface area contributed by atoms with E-state index in [1.807, 2.05) is 0 Å². The summed E-state index contributed by atoms with van der Waals surface area (Å²) >= 11 is 0. The quantitative estimate of drug-likeness (QED) is 0.449. The van der Waals surface area contributed by atoms with Crippen LogP contribution in [0.5, 0.6) is 0 Å². The van der Waals surface area contributed by atoms with Gasteiger partial charge in [0.25, 0.3) is 0 Å². The van der Waals surface area contributed by atoms with Crippen molar-refractivity contribution in [2.75, 3.05) is 0 Å². The summed E-state index contributed by atoms with van der Waals surface area (Å²) in [5.74, 6) is 0. The maximum atomic E-state index is 4.13. The van der Waals surface area contributed by atoms with Gasteiger partial charge in [0.15, 0.2) is 0 Å². The van der Waals surface area contributed by atoms with Gasteiger partial charge < -0.3 is 0 Å². The molecule has 0 unspecified atom stereocenters. The fourth-order valence-corrected chi connectivity index (χ4v) is 1.44. The second-order valence-corrected chi connectivity index (χ2v) is 4.99. The molecule has 0 amide bonds. The zero-order valence-electron chi connectivity index (χ0n) is 11.9. The number of hydrogen-bond donors (Lipinski definition) is 0. The first-order chi connectivity index (χ1) is 6.96. The number of hydrogen-bond acceptors (Lipinski definition) is 0. The van der Waals surface area contributed by atoms with Crippen LogP contribution in [-0.4, -0.2) is 0 Å². The lowest BCUT2D eigenvalue weighted by atomic mass is 9.79. The molecule has 0 heterocycles. The van der Waals surface area contributed by atoms with Crippen molar-refractivity contribution in [2.45, 2.75) is 87.5 Å². The molecule has 0 aromatic heterocycles. The Morgan fingerprint density at radius 3 is 1.56 bits per heavy atom. The van der Waals surface area contributed by atoms with E-state index in [2.05, 4.69) is 48.1 Å². The third kappa shape index (κ3) is 11.8. The lowest BCUT2D eigenvalue weighted by Crippen LogP contribution is -2.13. The normalized spacial score (nSPS) is 9.88. The van der Waals surface area contributed by atoms with E-state index in [9.17, 15) is 0 Å². The molecular weight excluding hydrogens is 192 g/mol. The molecule has 0 aromatic carbocycles. The van der Waals surface area contributed by atoms with Crippen molar-refractivity contribution < 1.29 is 0 Å². The summed E-state index contributed by atoms with van der Waals surface area (Å²) in [6.45, 7) is 17.5. The number of unbranched alkanes of at least 4 members (excludes halogenated alkanes) is 1. The minimum absolute atomic E-state index is 0. The van der Waals surface area contributed by atoms with Crippen LogP contribution >= 0.6 is 0 Å². The van der Waals surface area contributed by atoms with Gasteiger partial charge in [-0.1, -0.05) is 86.8 Å². The first kappa shape index (κ1) is 21.1. The molecule has 16 heavy (non-hydrogen) atoms. The Morgan fingerprint density at radius 1 is 0.875 bits per heavy atom. The molecule has 0 radical (unpaired) electrons. The average molecular weight is 228 g/mol. The Labute approximate surface area is 106 Å². The third-order valence-electron chi connectivity index (χ3n) is 2.88. The molecule has 0 aliphatic rings. The SMILES string of the molecule is C.C=C(CCC)C(C)(C)CCC.CCCC. The minimum atomic E-state index is 0. The highest BCUT2D eigenvalue weighted by Gasteiger charge is 2.19. The third-order valence-corrected chi connectivity index (χ3v) is 2.88. The Balaban J connectivity index is -0.000000292. The molecular formula is C16H36. The van der Waals surface area contributed by atoms with Crippen molar-refractivity contribution in [3.63, 3.8) is 0 Å². The Hall–Kier alpha value is -0.260. The van der Waals surface area contributed by atoms with Gasteiger partial charge in [0.1, 0.15) is 0 Å². The molecule has 0 fully saturated rings. The summed E-state index contributed by atoms with van der Waals surface area (Å²) in [7, 11) is 0. The Morgan fingerprint density at radius 2 is 1.31 bits per heavy atom. The lowest BCUT2D eigenvalue weighted by Gasteiger charge is -2.26. The zero-order chi connectivity index (χ0) is 12.3. The van der Waals surface area contributed by atoms with Crippen molar-refractivity contribution in [3.8, 4) is 0 Å². The van der Waals surface area contributed by atoms with Gasteiger partial charge in [0.05, 0.1) is 0 Å². The van der Waals surface area contributed by atoms with Gasteiger partial charge >= 0.3 is 0 Å². The van der Waals surface area contributed by atoms with Crippen molar-refractivity contribution >= 4 is 0 Å². The summed E-state index contributed by atoms with van der Waals surface area (Å²) in [5, 5.41) is 0. The molecule has 0 aliphatic carbocycles. The summed E-state index contributed by atoms with van der Waals surface area (Å²) in [6, 6.07) is 0. The van der Waals surface area contributed by atoms with Crippen molar-refractivity contribution in [3.05, 3.63) is 12.2 Å². The largest absolute Gasteiger partial charge is 0.0993 e. The molecule has 0 N–H and O–H groups in total. The van der Waals surface area contributed by atoms with E-state index in [1.54, 1.807) is 0 Å². The van der Waals surface area contributed by atoms with Gasteiger partial charge in [-0.15, -0.1) is 0 Å². The second kappa shape index (κ2) is 12.8. The van der Waals surface area contributed by atoms with E-state index in [-0.39, 0.29) is 7.43 Å². The van der Waals surface area contributed by atoms with E-state index in [0.717, 1.165) is 0 Å². The first-order valence-electron chi connectivity index (χ1n) is 6.64. The smallest absolute Gasteiger partial charge is 0.0147 e. The summed E-state index contributed by atoms with van der Waals surface area (Å²) in [5.41, 5.74) is 1.78. The van der Waals surface area contributed by atoms with E-state index < -0.39 is 0 Å². The van der Waals surface area contributed by atoms with E-state index in [4.69, 9.17) is 0 Å². The second-order valence-electron chi connectivity index (χ2n) is 4.99. The van der Waals surface area contributed by atoms with Gasteiger partial charge in [-0.3, -0.25) is 0 Å². The molecule has 0 spiro atoms. The molecule has 0 saturated heterocycles. The topological polar surface area (TPSA) is 0 Å². The van der Waals surface area contributed by atoms with Gasteiger partial charge in [0, 0.05) is 0 Å². The molecule has 0 saturated carbocycles. The average Bonchev–Trinajstić information content (AvgIpc) is 2.18. The Bertz CT molecular complexity index is 140. The number of rotatable bonds is 6. The van der Waals surface area contributed by atoms with Crippen molar-refractivity contribution in [1.82, 2.24) is 0 Å². The fraction of sp³-hybridized carbons (Fsp3) is 0.875. The number of allylic oxidation sites excluding steroid dienone is 1. The van der Waals surface area contributed by atoms with Crippen LogP contribution < -0.4 is 0 Å². The highest BCUT2D eigenvalue weighted by molar-refractivity contribution is 5.06. The fourth-order valence-electron chi connectivity index (χ4n) is 1.44. The highest BCUT2D eigenvalue weighted by Crippen LogP contribution is 2.32. The van der Waals surface area contributed by atoms with Crippen LogP contribution in [0, 0.1) is 5.41 Å². The van der Waals surface area contributed by atoms with E-state index in [0.29, 0.717) is 5.41 Å². The zero-order valence-corrected chi connectivity index (χ0v) is 11.9. The van der Waals surface area contributed by atoms with Crippen LogP contribution in [0.4, 0.5) is 0 Å². The first-order valence-corrected chi connectivity index (χ1v) is 6.64. The Kier molecular flexibility index (Phi) is 16.9. The van der Waals surface area contributed by atoms with Gasteiger partial charge in [0.2, 0.25) is 0 Å². The van der Waals surface area contributed by atoms with Crippen LogP contribution in [0.3, 0.4) is 0 Å². The monoisotopic (exact) mass is 228 g/mol. The predicted octanol–water partition coefficient (Wildman–Crippen LogP) is 6.61. The molecule has 0 aromatic rings. The van der Waals surface area contributed by atoms with Crippen LogP contribution in [0.2, 0.25) is 0 Å². The molecule has 0 rings (SSSR count). The van der Waals surface area contributed by atoms with Crippen LogP contribution in [0.25, 0.3) is 0 Å². The molecule has 0 heteroatoms. The molecule has 100 valence electrons. The standard InChI is InChI=1S/C11H22.C4H10.CH4/c1-6-8-10(3)11(4,5)9-7-2;1-3-4-2;/h3,6-9H2,1-2,4-5H3;3-4H2,1-2H3;1H4. The van der Waals surface area contributed by atoms with Crippen LogP contribution in [-0.2, 0) is 0 Å². The highest BCUT2D eigenvalue weighted by atomic mass is 14.2. The lowest BCUT2D eigenvalue weighted by molar-refractivity contribution is 0.390. The van der Waals surface area contributed by atoms with Crippen molar-refractivity contribution in [1.29, 1.82) is 0 Å². The predicted molar refractivity (Wildman–Crippen MR) is 80.1 cm³/mol. The van der Waals surface area contributed by atoms with E-state index in [1.165, 1.54) is 44.1 Å². The van der Waals surface area contributed by atoms with Gasteiger partial charge in [-0.25, -0.2) is 0 Å². The minimum Gasteiger partial charge on any atom is -0.0993 e. The maximum Gasteiger partial charge on any atom is -0.0147 e. The molecule has 0 aliphatic heterocycles. The van der Waals surface area contributed by atoms with E-state index >= 15 is 0 Å². The van der Waals surface area contributed by atoms with Crippen LogP contribution in [0.15, 0.2) is 12.2 Å². The van der Waals surface area contributed by atoms with Gasteiger partial charge in [-0.2, -0.15) is 0 Å². The van der Waals surface area contributed by atoms with Crippen molar-refractivity contribution in [2.24, 2.45) is 5.41 Å². The van der Waals surface area contributed by atoms with Crippen LogP contribution in [0.1, 0.15) is 87.5 Å². The summed E-state index contributed by atoms with van der Waals surface area (Å²) in [4.78, 5) is 0.